The quantitative estimate of drug-likeness (QED) is 0.853. The van der Waals surface area contributed by atoms with E-state index < -0.39 is 9.84 Å². The normalized spacial score (nSPS) is 13.9. The van der Waals surface area contributed by atoms with Gasteiger partial charge in [-0.3, -0.25) is 4.99 Å². The Balaban J connectivity index is 1.82. The Kier molecular flexibility index (Phi) is 4.94. The van der Waals surface area contributed by atoms with Crippen LogP contribution < -0.4 is 14.8 Å². The van der Waals surface area contributed by atoms with Crippen molar-refractivity contribution in [3.63, 3.8) is 0 Å². The largest absolute Gasteiger partial charge is 0.493 e. The number of rotatable bonds is 6. The molecule has 3 rings (SSSR count). The first-order chi connectivity index (χ1) is 12.0. The van der Waals surface area contributed by atoms with Gasteiger partial charge in [-0.05, 0) is 24.3 Å². The van der Waals surface area contributed by atoms with Crippen molar-refractivity contribution in [3.05, 3.63) is 53.6 Å². The summed E-state index contributed by atoms with van der Waals surface area (Å²) in [5.74, 6) is 1.96. The highest BCUT2D eigenvalue weighted by atomic mass is 32.2. The van der Waals surface area contributed by atoms with Gasteiger partial charge < -0.3 is 14.8 Å². The maximum Gasteiger partial charge on any atom is 0.175 e. The van der Waals surface area contributed by atoms with Gasteiger partial charge in [0.05, 0.1) is 18.6 Å². The standard InChI is InChI=1S/C18H20N2O4S/c1-23-16-11-13(18-19-9-10-20-18)7-8-15(16)24-12-14-5-3-4-6-17(14)25(2,21)22/h3-8,11H,9-10,12H2,1-2H3,(H,19,20). The van der Waals surface area contributed by atoms with Crippen molar-refractivity contribution in [1.29, 1.82) is 0 Å². The van der Waals surface area contributed by atoms with Gasteiger partial charge in [0.15, 0.2) is 21.3 Å². The lowest BCUT2D eigenvalue weighted by Crippen LogP contribution is -2.19. The van der Waals surface area contributed by atoms with Gasteiger partial charge in [-0.25, -0.2) is 8.42 Å². The van der Waals surface area contributed by atoms with E-state index in [-0.39, 0.29) is 11.5 Å². The number of nitrogens with zero attached hydrogens (tertiary/aromatic N) is 1. The first-order valence-electron chi connectivity index (χ1n) is 7.86. The van der Waals surface area contributed by atoms with Crippen LogP contribution in [0.2, 0.25) is 0 Å². The smallest absolute Gasteiger partial charge is 0.175 e. The zero-order valence-corrected chi connectivity index (χ0v) is 15.0. The predicted molar refractivity (Wildman–Crippen MR) is 96.3 cm³/mol. The van der Waals surface area contributed by atoms with Crippen LogP contribution in [0.4, 0.5) is 0 Å². The molecule has 0 saturated carbocycles. The van der Waals surface area contributed by atoms with Crippen LogP contribution >= 0.6 is 0 Å². The summed E-state index contributed by atoms with van der Waals surface area (Å²) in [7, 11) is -1.74. The highest BCUT2D eigenvalue weighted by molar-refractivity contribution is 7.90. The number of amidine groups is 1. The second kappa shape index (κ2) is 7.14. The molecule has 0 amide bonds. The summed E-state index contributed by atoms with van der Waals surface area (Å²) in [6, 6.07) is 12.4. The number of ether oxygens (including phenoxy) is 2. The third-order valence-corrected chi connectivity index (χ3v) is 5.06. The van der Waals surface area contributed by atoms with E-state index in [4.69, 9.17) is 9.47 Å². The predicted octanol–water partition coefficient (Wildman–Crippen LogP) is 2.03. The third-order valence-electron chi connectivity index (χ3n) is 3.87. The van der Waals surface area contributed by atoms with E-state index in [0.717, 1.165) is 24.5 Å². The molecule has 0 saturated heterocycles. The monoisotopic (exact) mass is 360 g/mol. The Labute approximate surface area is 147 Å². The fourth-order valence-corrected chi connectivity index (χ4v) is 3.59. The molecule has 0 aromatic heterocycles. The maximum atomic E-state index is 11.9. The number of nitrogens with one attached hydrogen (secondary N) is 1. The lowest BCUT2D eigenvalue weighted by Gasteiger charge is -2.14. The van der Waals surface area contributed by atoms with Crippen LogP contribution in [0.15, 0.2) is 52.4 Å². The van der Waals surface area contributed by atoms with Crippen molar-refractivity contribution >= 4 is 15.7 Å². The molecule has 1 aliphatic heterocycles. The Bertz CT molecular complexity index is 907. The van der Waals surface area contributed by atoms with Crippen molar-refractivity contribution in [1.82, 2.24) is 5.32 Å². The van der Waals surface area contributed by atoms with Gasteiger partial charge in [0.2, 0.25) is 0 Å². The summed E-state index contributed by atoms with van der Waals surface area (Å²) < 4.78 is 35.0. The molecule has 0 radical (unpaired) electrons. The van der Waals surface area contributed by atoms with E-state index in [1.165, 1.54) is 6.26 Å². The van der Waals surface area contributed by atoms with E-state index in [1.807, 2.05) is 12.1 Å². The minimum absolute atomic E-state index is 0.137. The molecule has 7 heteroatoms. The van der Waals surface area contributed by atoms with Gasteiger partial charge in [0, 0.05) is 23.9 Å². The molecule has 25 heavy (non-hydrogen) atoms. The first kappa shape index (κ1) is 17.3. The van der Waals surface area contributed by atoms with Crippen molar-refractivity contribution in [2.45, 2.75) is 11.5 Å². The van der Waals surface area contributed by atoms with Crippen LogP contribution in [-0.4, -0.2) is 40.7 Å². The summed E-state index contributed by atoms with van der Waals surface area (Å²) >= 11 is 0. The number of benzene rings is 2. The summed E-state index contributed by atoms with van der Waals surface area (Å²) in [6.45, 7) is 1.73. The van der Waals surface area contributed by atoms with Crippen LogP contribution in [0.25, 0.3) is 0 Å². The molecule has 0 aliphatic carbocycles. The Morgan fingerprint density at radius 3 is 2.64 bits per heavy atom. The van der Waals surface area contributed by atoms with Crippen LogP contribution in [0, 0.1) is 0 Å². The van der Waals surface area contributed by atoms with E-state index in [2.05, 4.69) is 10.3 Å². The summed E-state index contributed by atoms with van der Waals surface area (Å²) in [4.78, 5) is 4.66. The average molecular weight is 360 g/mol. The Morgan fingerprint density at radius 1 is 1.16 bits per heavy atom. The van der Waals surface area contributed by atoms with Gasteiger partial charge in [-0.1, -0.05) is 18.2 Å². The molecule has 1 N–H and O–H groups in total. The highest BCUT2D eigenvalue weighted by Crippen LogP contribution is 2.30. The van der Waals surface area contributed by atoms with E-state index in [1.54, 1.807) is 37.4 Å². The molecular formula is C18H20N2O4S. The van der Waals surface area contributed by atoms with Crippen LogP contribution in [0.1, 0.15) is 11.1 Å². The van der Waals surface area contributed by atoms with Crippen molar-refractivity contribution in [2.75, 3.05) is 26.5 Å². The molecule has 0 fully saturated rings. The lowest BCUT2D eigenvalue weighted by atomic mass is 10.2. The number of hydrogen-bond donors (Lipinski definition) is 1. The zero-order valence-electron chi connectivity index (χ0n) is 14.2. The van der Waals surface area contributed by atoms with Gasteiger partial charge in [-0.2, -0.15) is 0 Å². The number of methoxy groups -OCH3 is 1. The van der Waals surface area contributed by atoms with Crippen molar-refractivity contribution in [2.24, 2.45) is 4.99 Å². The van der Waals surface area contributed by atoms with Gasteiger partial charge >= 0.3 is 0 Å². The second-order valence-corrected chi connectivity index (χ2v) is 7.68. The van der Waals surface area contributed by atoms with Crippen LogP contribution in [0.5, 0.6) is 11.5 Å². The van der Waals surface area contributed by atoms with Crippen molar-refractivity contribution < 1.29 is 17.9 Å². The van der Waals surface area contributed by atoms with E-state index in [0.29, 0.717) is 17.1 Å². The van der Waals surface area contributed by atoms with Gasteiger partial charge in [-0.15, -0.1) is 0 Å². The Morgan fingerprint density at radius 2 is 1.96 bits per heavy atom. The fraction of sp³-hybridized carbons (Fsp3) is 0.278. The highest BCUT2D eigenvalue weighted by Gasteiger charge is 2.15. The second-order valence-electron chi connectivity index (χ2n) is 5.69. The molecular weight excluding hydrogens is 340 g/mol. The topological polar surface area (TPSA) is 77.0 Å². The van der Waals surface area contributed by atoms with Crippen LogP contribution in [0.3, 0.4) is 0 Å². The summed E-state index contributed by atoms with van der Waals surface area (Å²) in [5, 5.41) is 3.21. The molecule has 0 spiro atoms. The molecule has 132 valence electrons. The lowest BCUT2D eigenvalue weighted by molar-refractivity contribution is 0.282. The molecule has 0 unspecified atom stereocenters. The number of aliphatic imine (C=N–C) groups is 1. The molecule has 0 bridgehead atoms. The SMILES string of the molecule is COc1cc(C2=NCCN2)ccc1OCc1ccccc1S(C)(=O)=O. The van der Waals surface area contributed by atoms with E-state index in [9.17, 15) is 8.42 Å². The minimum Gasteiger partial charge on any atom is -0.493 e. The van der Waals surface area contributed by atoms with Crippen LogP contribution in [-0.2, 0) is 16.4 Å². The molecule has 1 heterocycles. The number of hydrogen-bond acceptors (Lipinski definition) is 6. The Hall–Kier alpha value is -2.54. The summed E-state index contributed by atoms with van der Waals surface area (Å²) in [6.07, 6.45) is 1.19. The number of sulfone groups is 1. The summed E-state index contributed by atoms with van der Waals surface area (Å²) in [5.41, 5.74) is 1.54. The molecule has 0 atom stereocenters. The fourth-order valence-electron chi connectivity index (χ4n) is 2.67. The van der Waals surface area contributed by atoms with E-state index >= 15 is 0 Å². The molecule has 1 aliphatic rings. The zero-order chi connectivity index (χ0) is 17.9. The van der Waals surface area contributed by atoms with Crippen molar-refractivity contribution in [3.8, 4) is 11.5 Å². The third kappa shape index (κ3) is 3.93. The van der Waals surface area contributed by atoms with Gasteiger partial charge in [0.25, 0.3) is 0 Å². The minimum atomic E-state index is -3.31. The molecule has 6 nitrogen and oxygen atoms in total. The molecule has 2 aromatic rings. The molecule has 2 aromatic carbocycles. The average Bonchev–Trinajstić information content (AvgIpc) is 3.14. The van der Waals surface area contributed by atoms with Gasteiger partial charge in [0.1, 0.15) is 12.4 Å². The maximum absolute atomic E-state index is 11.9. The first-order valence-corrected chi connectivity index (χ1v) is 9.75.